The van der Waals surface area contributed by atoms with Gasteiger partial charge in [-0.25, -0.2) is 0 Å². The largest absolute Gasteiger partial charge is 0.299 e. The molecule has 100 valence electrons. The van der Waals surface area contributed by atoms with E-state index in [-0.39, 0.29) is 0 Å². The monoisotopic (exact) mass is 247 g/mol. The lowest BCUT2D eigenvalue weighted by molar-refractivity contribution is 0.112. The Morgan fingerprint density at radius 2 is 1.67 bits per heavy atom. The first kappa shape index (κ1) is 14.9. The van der Waals surface area contributed by atoms with Gasteiger partial charge in [0.1, 0.15) is 6.29 Å². The Bertz CT molecular complexity index is 341. The summed E-state index contributed by atoms with van der Waals surface area (Å²) < 4.78 is 0. The fourth-order valence-corrected chi connectivity index (χ4v) is 2.07. The van der Waals surface area contributed by atoms with Crippen molar-refractivity contribution in [2.45, 2.75) is 46.1 Å². The minimum atomic E-state index is 0.829. The lowest BCUT2D eigenvalue weighted by Gasteiger charge is -2.22. The second kappa shape index (κ2) is 8.87. The van der Waals surface area contributed by atoms with Crippen LogP contribution in [0.4, 0.5) is 0 Å². The molecule has 2 heteroatoms. The molecule has 1 aromatic carbocycles. The number of benzene rings is 1. The first-order valence-electron chi connectivity index (χ1n) is 7.07. The van der Waals surface area contributed by atoms with Gasteiger partial charge < -0.3 is 0 Å². The van der Waals surface area contributed by atoms with E-state index in [4.69, 9.17) is 0 Å². The fraction of sp³-hybridized carbons (Fsp3) is 0.562. The maximum absolute atomic E-state index is 11.0. The second-order valence-corrected chi connectivity index (χ2v) is 4.80. The number of nitrogens with zero attached hydrogens (tertiary/aromatic N) is 1. The number of unbranched alkanes of at least 4 members (excludes halogenated alkanes) is 2. The molecule has 1 aromatic rings. The van der Waals surface area contributed by atoms with E-state index in [1.54, 1.807) is 0 Å². The summed E-state index contributed by atoms with van der Waals surface area (Å²) in [6.07, 6.45) is 5.86. The quantitative estimate of drug-likeness (QED) is 0.617. The summed E-state index contributed by atoms with van der Waals surface area (Å²) in [7, 11) is 0. The molecule has 2 nitrogen and oxygen atoms in total. The Hall–Kier alpha value is -1.15. The van der Waals surface area contributed by atoms with Crippen LogP contribution in [0, 0.1) is 0 Å². The molecular weight excluding hydrogens is 222 g/mol. The Morgan fingerprint density at radius 1 is 1.06 bits per heavy atom. The highest BCUT2D eigenvalue weighted by molar-refractivity contribution is 5.77. The van der Waals surface area contributed by atoms with E-state index < -0.39 is 0 Å². The third-order valence-electron chi connectivity index (χ3n) is 3.23. The van der Waals surface area contributed by atoms with E-state index in [1.165, 1.54) is 25.7 Å². The maximum atomic E-state index is 11.0. The predicted molar refractivity (Wildman–Crippen MR) is 76.9 cm³/mol. The fourth-order valence-electron chi connectivity index (χ4n) is 2.07. The van der Waals surface area contributed by atoms with Crippen molar-refractivity contribution in [3.8, 4) is 0 Å². The molecule has 0 heterocycles. The van der Waals surface area contributed by atoms with E-state index in [2.05, 4.69) is 24.8 Å². The van der Waals surface area contributed by atoms with Crippen LogP contribution < -0.4 is 0 Å². The molecule has 0 aromatic heterocycles. The van der Waals surface area contributed by atoms with Gasteiger partial charge in [0.25, 0.3) is 0 Å². The summed E-state index contributed by atoms with van der Waals surface area (Å²) in [6, 6.07) is 7.91. The van der Waals surface area contributed by atoms with Crippen LogP contribution >= 0.6 is 0 Å². The number of aldehydes is 1. The Balaban J connectivity index is 2.65. The molecule has 18 heavy (non-hydrogen) atoms. The summed E-state index contributed by atoms with van der Waals surface area (Å²) in [4.78, 5) is 13.5. The third kappa shape index (κ3) is 5.01. The Morgan fingerprint density at radius 3 is 2.22 bits per heavy atom. The van der Waals surface area contributed by atoms with Gasteiger partial charge in [0.05, 0.1) is 0 Å². The number of hydrogen-bond donors (Lipinski definition) is 0. The van der Waals surface area contributed by atoms with Crippen LogP contribution in [0.3, 0.4) is 0 Å². The van der Waals surface area contributed by atoms with Crippen molar-refractivity contribution >= 4 is 6.29 Å². The van der Waals surface area contributed by atoms with Gasteiger partial charge >= 0.3 is 0 Å². The molecule has 0 saturated carbocycles. The van der Waals surface area contributed by atoms with E-state index in [9.17, 15) is 4.79 Å². The molecule has 0 bridgehead atoms. The zero-order valence-corrected chi connectivity index (χ0v) is 11.7. The number of carbonyl (C=O) groups excluding carboxylic acids is 1. The van der Waals surface area contributed by atoms with Gasteiger partial charge in [-0.2, -0.15) is 0 Å². The van der Waals surface area contributed by atoms with E-state index in [1.807, 2.05) is 18.2 Å². The molecule has 0 saturated heterocycles. The molecule has 0 fully saturated rings. The Labute approximate surface area is 111 Å². The van der Waals surface area contributed by atoms with Crippen LogP contribution in [-0.4, -0.2) is 24.3 Å². The van der Waals surface area contributed by atoms with E-state index in [0.717, 1.165) is 37.0 Å². The predicted octanol–water partition coefficient (Wildman–Crippen LogP) is 3.90. The van der Waals surface area contributed by atoms with Gasteiger partial charge in [-0.3, -0.25) is 9.69 Å². The normalized spacial score (nSPS) is 10.8. The molecule has 0 N–H and O–H groups in total. The van der Waals surface area contributed by atoms with Crippen molar-refractivity contribution in [2.24, 2.45) is 0 Å². The van der Waals surface area contributed by atoms with Gasteiger partial charge in [0, 0.05) is 12.1 Å². The number of rotatable bonds is 9. The minimum Gasteiger partial charge on any atom is -0.299 e. The van der Waals surface area contributed by atoms with Crippen LogP contribution in [0.1, 0.15) is 55.5 Å². The molecule has 0 amide bonds. The summed E-state index contributed by atoms with van der Waals surface area (Å²) in [5.41, 5.74) is 1.98. The van der Waals surface area contributed by atoms with Gasteiger partial charge in [0.2, 0.25) is 0 Å². The van der Waals surface area contributed by atoms with Crippen molar-refractivity contribution in [3.63, 3.8) is 0 Å². The standard InChI is InChI=1S/C16H25NO/c1-3-5-11-17(12-6-4-2)13-15-9-7-8-10-16(15)14-18/h7-10,14H,3-6,11-13H2,1-2H3. The molecule has 0 atom stereocenters. The van der Waals surface area contributed by atoms with Gasteiger partial charge in [-0.1, -0.05) is 51.0 Å². The maximum Gasteiger partial charge on any atom is 0.150 e. The SMILES string of the molecule is CCCCN(CCCC)Cc1ccccc1C=O. The van der Waals surface area contributed by atoms with E-state index in [0.29, 0.717) is 0 Å². The van der Waals surface area contributed by atoms with Crippen LogP contribution in [0.25, 0.3) is 0 Å². The van der Waals surface area contributed by atoms with Crippen LogP contribution in [-0.2, 0) is 6.54 Å². The second-order valence-electron chi connectivity index (χ2n) is 4.80. The van der Waals surface area contributed by atoms with Crippen molar-refractivity contribution in [3.05, 3.63) is 35.4 Å². The smallest absolute Gasteiger partial charge is 0.150 e. The zero-order chi connectivity index (χ0) is 13.2. The van der Waals surface area contributed by atoms with Crippen molar-refractivity contribution in [1.82, 2.24) is 4.90 Å². The van der Waals surface area contributed by atoms with Crippen molar-refractivity contribution in [2.75, 3.05) is 13.1 Å². The van der Waals surface area contributed by atoms with Crippen molar-refractivity contribution in [1.29, 1.82) is 0 Å². The van der Waals surface area contributed by atoms with Crippen molar-refractivity contribution < 1.29 is 4.79 Å². The molecular formula is C16H25NO. The molecule has 0 radical (unpaired) electrons. The number of hydrogen-bond acceptors (Lipinski definition) is 2. The highest BCUT2D eigenvalue weighted by Crippen LogP contribution is 2.11. The summed E-state index contributed by atoms with van der Waals surface area (Å²) >= 11 is 0. The first-order valence-corrected chi connectivity index (χ1v) is 7.07. The summed E-state index contributed by atoms with van der Waals surface area (Å²) in [5.74, 6) is 0. The molecule has 0 aliphatic carbocycles. The number of carbonyl (C=O) groups is 1. The molecule has 0 aliphatic rings. The first-order chi connectivity index (χ1) is 8.81. The summed E-state index contributed by atoms with van der Waals surface area (Å²) in [5, 5.41) is 0. The van der Waals surface area contributed by atoms with Gasteiger partial charge in [0.15, 0.2) is 0 Å². The molecule has 0 unspecified atom stereocenters. The third-order valence-corrected chi connectivity index (χ3v) is 3.23. The van der Waals surface area contributed by atoms with Crippen LogP contribution in [0.15, 0.2) is 24.3 Å². The Kier molecular flexibility index (Phi) is 7.35. The van der Waals surface area contributed by atoms with Gasteiger partial charge in [-0.15, -0.1) is 0 Å². The lowest BCUT2D eigenvalue weighted by atomic mass is 10.1. The highest BCUT2D eigenvalue weighted by atomic mass is 16.1. The average molecular weight is 247 g/mol. The lowest BCUT2D eigenvalue weighted by Crippen LogP contribution is -2.26. The van der Waals surface area contributed by atoms with Crippen LogP contribution in [0.2, 0.25) is 0 Å². The molecule has 0 spiro atoms. The average Bonchev–Trinajstić information content (AvgIpc) is 2.42. The minimum absolute atomic E-state index is 0.829. The van der Waals surface area contributed by atoms with E-state index >= 15 is 0 Å². The molecule has 0 aliphatic heterocycles. The summed E-state index contributed by atoms with van der Waals surface area (Å²) in [6.45, 7) is 7.59. The zero-order valence-electron chi connectivity index (χ0n) is 11.7. The van der Waals surface area contributed by atoms with Crippen LogP contribution in [0.5, 0.6) is 0 Å². The highest BCUT2D eigenvalue weighted by Gasteiger charge is 2.07. The topological polar surface area (TPSA) is 20.3 Å². The molecule has 1 rings (SSSR count). The van der Waals surface area contributed by atoms with Gasteiger partial charge in [-0.05, 0) is 31.5 Å².